The summed E-state index contributed by atoms with van der Waals surface area (Å²) in [4.78, 5) is 24.8. The molecule has 0 saturated carbocycles. The predicted octanol–water partition coefficient (Wildman–Crippen LogP) is 3.81. The van der Waals surface area contributed by atoms with Crippen molar-refractivity contribution in [1.29, 1.82) is 0 Å². The number of rotatable bonds is 12. The lowest BCUT2D eigenvalue weighted by Crippen LogP contribution is -2.67. The number of hydrogen-bond donors (Lipinski definition) is 1. The van der Waals surface area contributed by atoms with Crippen molar-refractivity contribution in [2.45, 2.75) is 89.3 Å². The number of amides is 1. The lowest BCUT2D eigenvalue weighted by atomic mass is 9.95. The smallest absolute Gasteiger partial charge is 0.306 e. The van der Waals surface area contributed by atoms with E-state index in [1.165, 1.54) is 6.92 Å². The van der Waals surface area contributed by atoms with Crippen LogP contribution in [-0.4, -0.2) is 55.7 Å². The van der Waals surface area contributed by atoms with Gasteiger partial charge in [-0.3, -0.25) is 9.59 Å². The second-order valence-corrected chi connectivity index (χ2v) is 8.69. The minimum atomic E-state index is -0.842. The summed E-state index contributed by atoms with van der Waals surface area (Å²) in [6.07, 6.45) is 3.59. The van der Waals surface area contributed by atoms with Gasteiger partial charge in [-0.1, -0.05) is 69.0 Å². The summed E-state index contributed by atoms with van der Waals surface area (Å²) in [6, 6.07) is 8.80. The third-order valence-corrected chi connectivity index (χ3v) is 5.91. The molecule has 2 aliphatic heterocycles. The zero-order chi connectivity index (χ0) is 24.3. The summed E-state index contributed by atoms with van der Waals surface area (Å²) in [6.45, 7) is 7.68. The Balaban J connectivity index is 1.77. The lowest BCUT2D eigenvalue weighted by molar-refractivity contribution is -0.343. The fourth-order valence-electron chi connectivity index (χ4n) is 4.27. The molecule has 0 bridgehead atoms. The van der Waals surface area contributed by atoms with Crippen LogP contribution < -0.4 is 5.32 Å². The molecule has 0 spiro atoms. The molecule has 2 heterocycles. The summed E-state index contributed by atoms with van der Waals surface area (Å²) in [5.74, 6) is -0.613. The van der Waals surface area contributed by atoms with Crippen molar-refractivity contribution in [2.75, 3.05) is 13.2 Å². The lowest BCUT2D eigenvalue weighted by Gasteiger charge is -2.48. The highest BCUT2D eigenvalue weighted by atomic mass is 16.8. The summed E-state index contributed by atoms with van der Waals surface area (Å²) >= 11 is 0. The van der Waals surface area contributed by atoms with E-state index in [-0.39, 0.29) is 25.1 Å². The Labute approximate surface area is 201 Å². The number of unbranched alkanes of at least 4 members (excludes halogenated alkanes) is 4. The van der Waals surface area contributed by atoms with Gasteiger partial charge in [0.25, 0.3) is 0 Å². The first kappa shape index (κ1) is 26.3. The molecule has 8 nitrogen and oxygen atoms in total. The fraction of sp³-hybridized carbons (Fsp3) is 0.615. The highest BCUT2D eigenvalue weighted by molar-refractivity contribution is 5.73. The summed E-state index contributed by atoms with van der Waals surface area (Å²) < 4.78 is 30.0. The van der Waals surface area contributed by atoms with Gasteiger partial charge in [-0.25, -0.2) is 0 Å². The zero-order valence-electron chi connectivity index (χ0n) is 20.1. The van der Waals surface area contributed by atoms with Gasteiger partial charge in [-0.15, -0.1) is 6.58 Å². The van der Waals surface area contributed by atoms with Crippen molar-refractivity contribution < 1.29 is 33.3 Å². The quantitative estimate of drug-likeness (QED) is 0.279. The maximum absolute atomic E-state index is 12.8. The molecule has 1 amide bonds. The van der Waals surface area contributed by atoms with Gasteiger partial charge in [-0.2, -0.15) is 0 Å². The van der Waals surface area contributed by atoms with Crippen LogP contribution in [0.25, 0.3) is 0 Å². The zero-order valence-corrected chi connectivity index (χ0v) is 20.1. The van der Waals surface area contributed by atoms with Gasteiger partial charge >= 0.3 is 5.97 Å². The molecule has 2 aliphatic rings. The molecule has 2 saturated heterocycles. The van der Waals surface area contributed by atoms with Crippen LogP contribution in [0.1, 0.15) is 64.2 Å². The molecule has 8 heteroatoms. The molecule has 1 N–H and O–H groups in total. The van der Waals surface area contributed by atoms with Gasteiger partial charge in [0, 0.05) is 18.9 Å². The summed E-state index contributed by atoms with van der Waals surface area (Å²) in [5.41, 5.74) is 0.850. The van der Waals surface area contributed by atoms with Crippen LogP contribution in [0, 0.1) is 0 Å². The van der Waals surface area contributed by atoms with Gasteiger partial charge in [0.05, 0.1) is 13.2 Å². The molecule has 34 heavy (non-hydrogen) atoms. The van der Waals surface area contributed by atoms with Crippen molar-refractivity contribution in [1.82, 2.24) is 5.32 Å². The molecule has 2 fully saturated rings. The Hall–Kier alpha value is -2.26. The maximum Gasteiger partial charge on any atom is 0.306 e. The monoisotopic (exact) mass is 475 g/mol. The Morgan fingerprint density at radius 1 is 1.15 bits per heavy atom. The van der Waals surface area contributed by atoms with E-state index in [9.17, 15) is 9.59 Å². The van der Waals surface area contributed by atoms with E-state index in [4.69, 9.17) is 23.7 Å². The van der Waals surface area contributed by atoms with E-state index in [2.05, 4.69) is 18.8 Å². The molecule has 1 aromatic rings. The van der Waals surface area contributed by atoms with E-state index >= 15 is 0 Å². The Bertz CT molecular complexity index is 787. The van der Waals surface area contributed by atoms with E-state index < -0.39 is 36.9 Å². The van der Waals surface area contributed by atoms with Crippen molar-refractivity contribution in [3.05, 3.63) is 48.6 Å². The number of carbonyl (C=O) groups is 2. The predicted molar refractivity (Wildman–Crippen MR) is 126 cm³/mol. The number of hydrogen-bond acceptors (Lipinski definition) is 7. The number of nitrogens with one attached hydrogen (secondary N) is 1. The number of ether oxygens (including phenoxy) is 5. The van der Waals surface area contributed by atoms with E-state index in [0.717, 1.165) is 37.7 Å². The highest BCUT2D eigenvalue weighted by Gasteiger charge is 2.52. The minimum absolute atomic E-state index is 0.213. The average molecular weight is 476 g/mol. The van der Waals surface area contributed by atoms with E-state index in [1.807, 2.05) is 30.3 Å². The van der Waals surface area contributed by atoms with E-state index in [0.29, 0.717) is 6.42 Å². The number of fused-ring (bicyclic) bond motifs is 1. The molecular formula is C26H37NO7. The minimum Gasteiger partial charge on any atom is -0.457 e. The normalized spacial score (nSPS) is 28.5. The second-order valence-electron chi connectivity index (χ2n) is 8.69. The maximum atomic E-state index is 12.8. The van der Waals surface area contributed by atoms with Gasteiger partial charge in [0.1, 0.15) is 18.2 Å². The molecule has 0 aromatic heterocycles. The number of esters is 1. The third-order valence-electron chi connectivity index (χ3n) is 5.91. The number of carbonyl (C=O) groups excluding carboxylic acids is 2. The SMILES string of the molecule is C=CCO[C@@H]1O[C@@H]2COC(c3ccccc3)O[C@H]2[C@H](OC(=O)CCCCCCC)[C@H]1NC(C)=O. The molecule has 3 rings (SSSR count). The Kier molecular flexibility index (Phi) is 10.5. The molecule has 188 valence electrons. The largest absolute Gasteiger partial charge is 0.457 e. The van der Waals surface area contributed by atoms with Crippen LogP contribution in [0.4, 0.5) is 0 Å². The summed E-state index contributed by atoms with van der Waals surface area (Å²) in [7, 11) is 0. The molecule has 0 radical (unpaired) electrons. The van der Waals surface area contributed by atoms with Crippen LogP contribution in [0.5, 0.6) is 0 Å². The van der Waals surface area contributed by atoms with Crippen LogP contribution in [0.15, 0.2) is 43.0 Å². The first-order valence-electron chi connectivity index (χ1n) is 12.2. The van der Waals surface area contributed by atoms with Gasteiger partial charge in [-0.05, 0) is 6.42 Å². The van der Waals surface area contributed by atoms with Crippen molar-refractivity contribution in [3.63, 3.8) is 0 Å². The average Bonchev–Trinajstić information content (AvgIpc) is 2.84. The molecule has 1 unspecified atom stereocenters. The number of benzene rings is 1. The van der Waals surface area contributed by atoms with Crippen LogP contribution in [0.2, 0.25) is 0 Å². The third kappa shape index (κ3) is 7.37. The van der Waals surface area contributed by atoms with Gasteiger partial charge in [0.2, 0.25) is 5.91 Å². The van der Waals surface area contributed by atoms with E-state index in [1.54, 1.807) is 6.08 Å². The summed E-state index contributed by atoms with van der Waals surface area (Å²) in [5, 5.41) is 2.85. The standard InChI is InChI=1S/C26H37NO7/c1-4-6-7-8-12-15-21(29)33-24-22(27-18(3)28)26(30-16-5-2)32-20-17-31-25(34-23(20)24)19-13-10-9-11-14-19/h5,9-11,13-14,20,22-26H,2,4,6-8,12,15-17H2,1,3H3,(H,27,28)/t20-,22-,23-,24-,25?,26-/m1/s1. The molecular weight excluding hydrogens is 438 g/mol. The molecule has 1 aromatic carbocycles. The fourth-order valence-corrected chi connectivity index (χ4v) is 4.27. The molecule has 6 atom stereocenters. The Morgan fingerprint density at radius 2 is 1.91 bits per heavy atom. The Morgan fingerprint density at radius 3 is 2.62 bits per heavy atom. The van der Waals surface area contributed by atoms with Crippen molar-refractivity contribution in [3.8, 4) is 0 Å². The van der Waals surface area contributed by atoms with Crippen LogP contribution >= 0.6 is 0 Å². The van der Waals surface area contributed by atoms with Gasteiger partial charge < -0.3 is 29.0 Å². The van der Waals surface area contributed by atoms with Crippen LogP contribution in [0.3, 0.4) is 0 Å². The van der Waals surface area contributed by atoms with Crippen molar-refractivity contribution >= 4 is 11.9 Å². The van der Waals surface area contributed by atoms with Gasteiger partial charge in [0.15, 0.2) is 18.7 Å². The van der Waals surface area contributed by atoms with Crippen molar-refractivity contribution in [2.24, 2.45) is 0 Å². The van der Waals surface area contributed by atoms with Crippen LogP contribution in [-0.2, 0) is 33.3 Å². The topological polar surface area (TPSA) is 92.3 Å². The first-order chi connectivity index (χ1) is 16.5. The second kappa shape index (κ2) is 13.6. The molecule has 0 aliphatic carbocycles. The first-order valence-corrected chi connectivity index (χ1v) is 12.2. The highest BCUT2D eigenvalue weighted by Crippen LogP contribution is 2.36.